The Kier molecular flexibility index (Phi) is 3.57. The topological polar surface area (TPSA) is 101 Å². The molecule has 0 saturated carbocycles. The van der Waals surface area contributed by atoms with Crippen molar-refractivity contribution in [2.75, 3.05) is 11.5 Å². The van der Waals surface area contributed by atoms with Crippen LogP contribution in [0.1, 0.15) is 26.2 Å². The summed E-state index contributed by atoms with van der Waals surface area (Å²) < 4.78 is 22.5. The molecule has 1 rings (SSSR count). The SMILES string of the molecule is CC1(NC(=O)CCC(=O)O)CCS(=O)(=O)C1. The summed E-state index contributed by atoms with van der Waals surface area (Å²) in [7, 11) is -3.06. The van der Waals surface area contributed by atoms with E-state index in [1.165, 1.54) is 0 Å². The van der Waals surface area contributed by atoms with Gasteiger partial charge in [0.05, 0.1) is 23.5 Å². The van der Waals surface area contributed by atoms with Crippen LogP contribution in [0.5, 0.6) is 0 Å². The van der Waals surface area contributed by atoms with Crippen molar-refractivity contribution in [2.45, 2.75) is 31.7 Å². The van der Waals surface area contributed by atoms with E-state index < -0.39 is 27.3 Å². The molecule has 7 heteroatoms. The van der Waals surface area contributed by atoms with E-state index in [-0.39, 0.29) is 24.3 Å². The summed E-state index contributed by atoms with van der Waals surface area (Å²) in [5.41, 5.74) is -0.742. The Hall–Kier alpha value is -1.11. The molecule has 0 aromatic heterocycles. The van der Waals surface area contributed by atoms with E-state index in [4.69, 9.17) is 5.11 Å². The maximum Gasteiger partial charge on any atom is 0.303 e. The molecule has 92 valence electrons. The van der Waals surface area contributed by atoms with Crippen LogP contribution >= 0.6 is 0 Å². The second-order valence-electron chi connectivity index (χ2n) is 4.34. The molecule has 1 amide bonds. The number of amides is 1. The highest BCUT2D eigenvalue weighted by atomic mass is 32.2. The van der Waals surface area contributed by atoms with Crippen molar-refractivity contribution in [3.63, 3.8) is 0 Å². The van der Waals surface area contributed by atoms with Crippen molar-refractivity contribution in [2.24, 2.45) is 0 Å². The first kappa shape index (κ1) is 13.0. The molecule has 1 aliphatic heterocycles. The predicted octanol–water partition coefficient (Wildman–Crippen LogP) is -0.455. The Balaban J connectivity index is 2.48. The Morgan fingerprint density at radius 2 is 2.00 bits per heavy atom. The third-order valence-electron chi connectivity index (χ3n) is 2.51. The van der Waals surface area contributed by atoms with Gasteiger partial charge in [-0.05, 0) is 13.3 Å². The smallest absolute Gasteiger partial charge is 0.303 e. The number of nitrogens with one attached hydrogen (secondary N) is 1. The second-order valence-corrected chi connectivity index (χ2v) is 6.53. The van der Waals surface area contributed by atoms with Gasteiger partial charge in [-0.25, -0.2) is 8.42 Å². The van der Waals surface area contributed by atoms with E-state index in [0.717, 1.165) is 0 Å². The van der Waals surface area contributed by atoms with Crippen molar-refractivity contribution < 1.29 is 23.1 Å². The van der Waals surface area contributed by atoms with Crippen LogP contribution in [0.3, 0.4) is 0 Å². The molecule has 1 unspecified atom stereocenters. The van der Waals surface area contributed by atoms with Crippen LogP contribution in [0.15, 0.2) is 0 Å². The van der Waals surface area contributed by atoms with Crippen LogP contribution < -0.4 is 5.32 Å². The van der Waals surface area contributed by atoms with E-state index in [2.05, 4.69) is 5.32 Å². The molecule has 1 aliphatic rings. The number of carboxylic acid groups (broad SMARTS) is 1. The molecule has 1 saturated heterocycles. The largest absolute Gasteiger partial charge is 0.481 e. The second kappa shape index (κ2) is 4.40. The van der Waals surface area contributed by atoms with Crippen LogP contribution in [0, 0.1) is 0 Å². The predicted molar refractivity (Wildman–Crippen MR) is 56.7 cm³/mol. The molecule has 0 spiro atoms. The minimum atomic E-state index is -3.06. The maximum atomic E-state index is 11.4. The molecule has 0 aliphatic carbocycles. The summed E-state index contributed by atoms with van der Waals surface area (Å²) in [4.78, 5) is 21.6. The zero-order valence-corrected chi connectivity index (χ0v) is 9.84. The van der Waals surface area contributed by atoms with E-state index in [1.54, 1.807) is 6.92 Å². The fraction of sp³-hybridized carbons (Fsp3) is 0.778. The first-order valence-corrected chi connectivity index (χ1v) is 6.78. The Bertz CT molecular complexity index is 402. The molecule has 0 aromatic carbocycles. The molecular formula is C9H15NO5S. The maximum absolute atomic E-state index is 11.4. The minimum absolute atomic E-state index is 0.0706. The van der Waals surface area contributed by atoms with Gasteiger partial charge in [-0.2, -0.15) is 0 Å². The lowest BCUT2D eigenvalue weighted by atomic mass is 10.0. The van der Waals surface area contributed by atoms with Crippen molar-refractivity contribution in [3.8, 4) is 0 Å². The van der Waals surface area contributed by atoms with Gasteiger partial charge in [0.15, 0.2) is 9.84 Å². The number of carboxylic acids is 1. The highest BCUT2D eigenvalue weighted by Crippen LogP contribution is 2.22. The lowest BCUT2D eigenvalue weighted by Gasteiger charge is -2.23. The molecule has 16 heavy (non-hydrogen) atoms. The third-order valence-corrected chi connectivity index (χ3v) is 4.41. The molecule has 0 bridgehead atoms. The molecule has 6 nitrogen and oxygen atoms in total. The quantitative estimate of drug-likeness (QED) is 0.702. The van der Waals surface area contributed by atoms with Gasteiger partial charge in [-0.1, -0.05) is 0 Å². The van der Waals surface area contributed by atoms with Crippen LogP contribution in [-0.4, -0.2) is 42.4 Å². The van der Waals surface area contributed by atoms with Crippen LogP contribution in [0.4, 0.5) is 0 Å². The van der Waals surface area contributed by atoms with Gasteiger partial charge >= 0.3 is 5.97 Å². The highest BCUT2D eigenvalue weighted by molar-refractivity contribution is 7.91. The molecule has 1 heterocycles. The number of hydrogen-bond acceptors (Lipinski definition) is 4. The summed E-state index contributed by atoms with van der Waals surface area (Å²) in [5, 5.41) is 11.0. The van der Waals surface area contributed by atoms with Gasteiger partial charge in [-0.15, -0.1) is 0 Å². The summed E-state index contributed by atoms with van der Waals surface area (Å²) >= 11 is 0. The highest BCUT2D eigenvalue weighted by Gasteiger charge is 2.39. The number of carbonyl (C=O) groups is 2. The van der Waals surface area contributed by atoms with Crippen LogP contribution in [0.25, 0.3) is 0 Å². The van der Waals surface area contributed by atoms with Gasteiger partial charge in [0, 0.05) is 6.42 Å². The molecule has 0 radical (unpaired) electrons. The Labute approximate surface area is 93.9 Å². The lowest BCUT2D eigenvalue weighted by molar-refractivity contribution is -0.139. The Morgan fingerprint density at radius 3 is 2.44 bits per heavy atom. The zero-order valence-electron chi connectivity index (χ0n) is 9.02. The average molecular weight is 249 g/mol. The van der Waals surface area contributed by atoms with Gasteiger partial charge in [0.25, 0.3) is 0 Å². The van der Waals surface area contributed by atoms with E-state index in [1.807, 2.05) is 0 Å². The average Bonchev–Trinajstić information content (AvgIpc) is 2.37. The fourth-order valence-corrected chi connectivity index (χ4v) is 3.82. The number of aliphatic carboxylic acids is 1. The number of rotatable bonds is 4. The minimum Gasteiger partial charge on any atom is -0.481 e. The van der Waals surface area contributed by atoms with Crippen LogP contribution in [-0.2, 0) is 19.4 Å². The number of carbonyl (C=O) groups excluding carboxylic acids is 1. The first-order valence-electron chi connectivity index (χ1n) is 4.96. The van der Waals surface area contributed by atoms with Gasteiger partial charge in [0.1, 0.15) is 0 Å². The van der Waals surface area contributed by atoms with Gasteiger partial charge < -0.3 is 10.4 Å². The summed E-state index contributed by atoms with van der Waals surface area (Å²) in [6.07, 6.45) is 0.0216. The van der Waals surface area contributed by atoms with Crippen molar-refractivity contribution in [1.82, 2.24) is 5.32 Å². The normalized spacial score (nSPS) is 27.6. The molecule has 0 aromatic rings. The molecular weight excluding hydrogens is 234 g/mol. The summed E-state index contributed by atoms with van der Waals surface area (Å²) in [6.45, 7) is 1.66. The lowest BCUT2D eigenvalue weighted by Crippen LogP contribution is -2.46. The fourth-order valence-electron chi connectivity index (χ4n) is 1.73. The van der Waals surface area contributed by atoms with Gasteiger partial charge in [-0.3, -0.25) is 9.59 Å². The van der Waals surface area contributed by atoms with E-state index in [0.29, 0.717) is 6.42 Å². The van der Waals surface area contributed by atoms with Gasteiger partial charge in [0.2, 0.25) is 5.91 Å². The van der Waals surface area contributed by atoms with E-state index >= 15 is 0 Å². The van der Waals surface area contributed by atoms with Crippen molar-refractivity contribution >= 4 is 21.7 Å². The zero-order chi connectivity index (χ0) is 12.4. The van der Waals surface area contributed by atoms with Crippen molar-refractivity contribution in [3.05, 3.63) is 0 Å². The summed E-state index contributed by atoms with van der Waals surface area (Å²) in [6, 6.07) is 0. The molecule has 1 fully saturated rings. The van der Waals surface area contributed by atoms with Crippen molar-refractivity contribution in [1.29, 1.82) is 0 Å². The van der Waals surface area contributed by atoms with E-state index in [9.17, 15) is 18.0 Å². The Morgan fingerprint density at radius 1 is 1.38 bits per heavy atom. The first-order chi connectivity index (χ1) is 7.22. The number of sulfone groups is 1. The third kappa shape index (κ3) is 3.80. The number of hydrogen-bond donors (Lipinski definition) is 2. The molecule has 2 N–H and O–H groups in total. The standard InChI is InChI=1S/C9H15NO5S/c1-9(4-5-16(14,15)6-9)10-7(11)2-3-8(12)13/h2-6H2,1H3,(H,10,11)(H,12,13). The monoisotopic (exact) mass is 249 g/mol. The molecule has 1 atom stereocenters. The van der Waals surface area contributed by atoms with Crippen LogP contribution in [0.2, 0.25) is 0 Å². The summed E-state index contributed by atoms with van der Waals surface area (Å²) in [5.74, 6) is -1.46.